The summed E-state index contributed by atoms with van der Waals surface area (Å²) in [6.07, 6.45) is -0.202. The Bertz CT molecular complexity index is 657. The molecule has 0 unspecified atom stereocenters. The highest BCUT2D eigenvalue weighted by Crippen LogP contribution is 2.15. The van der Waals surface area contributed by atoms with Crippen molar-refractivity contribution in [2.45, 2.75) is 24.7 Å². The van der Waals surface area contributed by atoms with Crippen LogP contribution in [0.4, 0.5) is 0 Å². The molecule has 0 atom stereocenters. The van der Waals surface area contributed by atoms with E-state index in [0.717, 1.165) is 0 Å². The molecule has 1 rings (SSSR count). The third kappa shape index (κ3) is 6.55. The predicted octanol–water partition coefficient (Wildman–Crippen LogP) is 0.687. The summed E-state index contributed by atoms with van der Waals surface area (Å²) in [4.78, 5) is 23.6. The Balaban J connectivity index is 2.50. The number of carbonyl (C=O) groups is 2. The minimum atomic E-state index is -3.71. The van der Waals surface area contributed by atoms with Crippen LogP contribution in [0.25, 0.3) is 0 Å². The van der Waals surface area contributed by atoms with Crippen molar-refractivity contribution in [3.8, 4) is 5.75 Å². The normalized spacial score (nSPS) is 11.1. The van der Waals surface area contributed by atoms with Crippen LogP contribution in [0.3, 0.4) is 0 Å². The summed E-state index contributed by atoms with van der Waals surface area (Å²) in [5, 5.41) is 8.57. The maximum absolute atomic E-state index is 12.1. The average Bonchev–Trinajstić information content (AvgIpc) is 2.53. The molecule has 1 aromatic carbocycles. The van der Waals surface area contributed by atoms with Crippen molar-refractivity contribution in [2.24, 2.45) is 0 Å². The van der Waals surface area contributed by atoms with E-state index in [1.165, 1.54) is 24.1 Å². The van der Waals surface area contributed by atoms with Gasteiger partial charge in [0.2, 0.25) is 15.9 Å². The molecule has 0 aliphatic heterocycles. The van der Waals surface area contributed by atoms with E-state index < -0.39 is 16.0 Å². The molecule has 0 saturated carbocycles. The van der Waals surface area contributed by atoms with Gasteiger partial charge < -0.3 is 14.7 Å². The molecule has 0 aromatic heterocycles. The fraction of sp³-hybridized carbons (Fsp3) is 0.467. The molecule has 8 nitrogen and oxygen atoms in total. The number of nitrogens with one attached hydrogen (secondary N) is 1. The number of hydrogen-bond donors (Lipinski definition) is 2. The number of sulfonamides is 1. The van der Waals surface area contributed by atoms with E-state index >= 15 is 0 Å². The van der Waals surface area contributed by atoms with Crippen LogP contribution in [0.1, 0.15) is 19.8 Å². The maximum Gasteiger partial charge on any atom is 0.305 e. The molecule has 24 heavy (non-hydrogen) atoms. The summed E-state index contributed by atoms with van der Waals surface area (Å²) in [6.45, 7) is 2.34. The highest BCUT2D eigenvalue weighted by Gasteiger charge is 2.15. The van der Waals surface area contributed by atoms with E-state index in [2.05, 4.69) is 4.72 Å². The van der Waals surface area contributed by atoms with Crippen LogP contribution in [-0.2, 0) is 19.6 Å². The van der Waals surface area contributed by atoms with Crippen molar-refractivity contribution in [2.75, 3.05) is 26.7 Å². The Morgan fingerprint density at radius 2 is 1.83 bits per heavy atom. The van der Waals surface area contributed by atoms with E-state index in [0.29, 0.717) is 12.4 Å². The summed E-state index contributed by atoms with van der Waals surface area (Å²) in [6, 6.07) is 5.97. The Labute approximate surface area is 141 Å². The Morgan fingerprint density at radius 1 is 1.21 bits per heavy atom. The maximum atomic E-state index is 12.1. The zero-order valence-corrected chi connectivity index (χ0v) is 14.5. The fourth-order valence-electron chi connectivity index (χ4n) is 1.84. The summed E-state index contributed by atoms with van der Waals surface area (Å²) >= 11 is 0. The lowest BCUT2D eigenvalue weighted by molar-refractivity contribution is -0.138. The average molecular weight is 358 g/mol. The second kappa shape index (κ2) is 9.24. The highest BCUT2D eigenvalue weighted by atomic mass is 32.2. The van der Waals surface area contributed by atoms with Crippen LogP contribution in [0.5, 0.6) is 5.75 Å². The molecule has 1 amide bonds. The van der Waals surface area contributed by atoms with Gasteiger partial charge >= 0.3 is 5.97 Å². The summed E-state index contributed by atoms with van der Waals surface area (Å²) in [5.41, 5.74) is 0. The van der Waals surface area contributed by atoms with Gasteiger partial charge in [0.15, 0.2) is 0 Å². The van der Waals surface area contributed by atoms with Gasteiger partial charge in [0, 0.05) is 26.6 Å². The number of ether oxygens (including phenoxy) is 1. The molecule has 0 bridgehead atoms. The first-order valence-corrected chi connectivity index (χ1v) is 8.93. The third-order valence-corrected chi connectivity index (χ3v) is 4.64. The first-order valence-electron chi connectivity index (χ1n) is 7.44. The van der Waals surface area contributed by atoms with Crippen LogP contribution in [0.2, 0.25) is 0 Å². The number of amides is 1. The minimum Gasteiger partial charge on any atom is -0.494 e. The molecule has 2 N–H and O–H groups in total. The van der Waals surface area contributed by atoms with Gasteiger partial charge in [-0.05, 0) is 31.2 Å². The lowest BCUT2D eigenvalue weighted by atomic mass is 10.3. The molecule has 0 saturated heterocycles. The van der Waals surface area contributed by atoms with Gasteiger partial charge in [-0.25, -0.2) is 13.1 Å². The van der Waals surface area contributed by atoms with Crippen molar-refractivity contribution in [1.29, 1.82) is 0 Å². The summed E-state index contributed by atoms with van der Waals surface area (Å²) < 4.78 is 31.8. The first-order chi connectivity index (χ1) is 11.3. The molecular weight excluding hydrogens is 336 g/mol. The molecule has 1 aromatic rings. The number of aliphatic carboxylic acids is 1. The van der Waals surface area contributed by atoms with Gasteiger partial charge in [-0.2, -0.15) is 0 Å². The molecule has 0 aliphatic rings. The molecule has 0 spiro atoms. The van der Waals surface area contributed by atoms with Gasteiger partial charge in [-0.3, -0.25) is 9.59 Å². The smallest absolute Gasteiger partial charge is 0.305 e. The summed E-state index contributed by atoms with van der Waals surface area (Å²) in [7, 11) is -2.23. The van der Waals surface area contributed by atoms with Crippen LogP contribution < -0.4 is 9.46 Å². The van der Waals surface area contributed by atoms with E-state index in [9.17, 15) is 18.0 Å². The lowest BCUT2D eigenvalue weighted by Gasteiger charge is -2.16. The van der Waals surface area contributed by atoms with Crippen LogP contribution in [-0.4, -0.2) is 57.0 Å². The van der Waals surface area contributed by atoms with E-state index in [4.69, 9.17) is 9.84 Å². The van der Waals surface area contributed by atoms with E-state index in [-0.39, 0.29) is 36.7 Å². The van der Waals surface area contributed by atoms with Crippen molar-refractivity contribution in [1.82, 2.24) is 9.62 Å². The Morgan fingerprint density at radius 3 is 2.38 bits per heavy atom. The third-order valence-electron chi connectivity index (χ3n) is 3.16. The quantitative estimate of drug-likeness (QED) is 0.636. The zero-order valence-electron chi connectivity index (χ0n) is 13.7. The molecule has 0 aliphatic carbocycles. The van der Waals surface area contributed by atoms with E-state index in [1.54, 1.807) is 12.1 Å². The SMILES string of the molecule is CCOc1ccc(S(=O)(=O)NCCC(=O)N(C)CCC(=O)O)cc1. The van der Waals surface area contributed by atoms with Crippen molar-refractivity contribution >= 4 is 21.9 Å². The van der Waals surface area contributed by atoms with Gasteiger partial charge in [-0.15, -0.1) is 0 Å². The lowest BCUT2D eigenvalue weighted by Crippen LogP contribution is -2.33. The van der Waals surface area contributed by atoms with Crippen molar-refractivity contribution in [3.63, 3.8) is 0 Å². The van der Waals surface area contributed by atoms with E-state index in [1.807, 2.05) is 6.92 Å². The Hall–Kier alpha value is -2.13. The number of carbonyl (C=O) groups excluding carboxylic acids is 1. The molecule has 0 radical (unpaired) electrons. The van der Waals surface area contributed by atoms with Gasteiger partial charge in [0.25, 0.3) is 0 Å². The number of carboxylic acid groups (broad SMARTS) is 1. The second-order valence-electron chi connectivity index (χ2n) is 5.01. The topological polar surface area (TPSA) is 113 Å². The zero-order chi connectivity index (χ0) is 18.2. The molecular formula is C15H22N2O6S. The molecule has 9 heteroatoms. The van der Waals surface area contributed by atoms with Crippen molar-refractivity contribution < 1.29 is 27.9 Å². The monoisotopic (exact) mass is 358 g/mol. The number of carboxylic acids is 1. The van der Waals surface area contributed by atoms with Crippen LogP contribution >= 0.6 is 0 Å². The van der Waals surface area contributed by atoms with Gasteiger partial charge in [0.05, 0.1) is 17.9 Å². The van der Waals surface area contributed by atoms with Gasteiger partial charge in [-0.1, -0.05) is 0 Å². The standard InChI is InChI=1S/C15H22N2O6S/c1-3-23-12-4-6-13(7-5-12)24(21,22)16-10-8-14(18)17(2)11-9-15(19)20/h4-7,16H,3,8-11H2,1-2H3,(H,19,20). The summed E-state index contributed by atoms with van der Waals surface area (Å²) in [5.74, 6) is -0.747. The highest BCUT2D eigenvalue weighted by molar-refractivity contribution is 7.89. The van der Waals surface area contributed by atoms with Gasteiger partial charge in [0.1, 0.15) is 5.75 Å². The molecule has 0 fully saturated rings. The number of rotatable bonds is 10. The van der Waals surface area contributed by atoms with Crippen molar-refractivity contribution in [3.05, 3.63) is 24.3 Å². The largest absolute Gasteiger partial charge is 0.494 e. The first kappa shape index (κ1) is 19.9. The van der Waals surface area contributed by atoms with Crippen LogP contribution in [0, 0.1) is 0 Å². The predicted molar refractivity (Wildman–Crippen MR) is 87.3 cm³/mol. The molecule has 134 valence electrons. The minimum absolute atomic E-state index is 0.0492. The number of benzene rings is 1. The number of hydrogen-bond acceptors (Lipinski definition) is 5. The Kier molecular flexibility index (Phi) is 7.66. The molecule has 0 heterocycles. The fourth-order valence-corrected chi connectivity index (χ4v) is 2.87. The second-order valence-corrected chi connectivity index (χ2v) is 6.78. The van der Waals surface area contributed by atoms with Crippen LogP contribution in [0.15, 0.2) is 29.2 Å². The number of nitrogens with zero attached hydrogens (tertiary/aromatic N) is 1.